The summed E-state index contributed by atoms with van der Waals surface area (Å²) in [7, 11) is -2.66. The number of rotatable bonds is 9. The maximum absolute atomic E-state index is 13.1. The van der Waals surface area contributed by atoms with Crippen molar-refractivity contribution in [2.24, 2.45) is 0 Å². The number of hydrogen-bond acceptors (Lipinski definition) is 7. The third-order valence-corrected chi connectivity index (χ3v) is 7.97. The molecule has 0 bridgehead atoms. The monoisotopic (exact) mass is 576 g/mol. The molecular weight excluding hydrogens is 551 g/mol. The molecule has 0 radical (unpaired) electrons. The molecule has 0 unspecified atom stereocenters. The van der Waals surface area contributed by atoms with E-state index in [1.54, 1.807) is 19.2 Å². The van der Waals surface area contributed by atoms with Crippen LogP contribution < -0.4 is 14.8 Å². The maximum atomic E-state index is 13.1. The van der Waals surface area contributed by atoms with Crippen LogP contribution in [0.4, 0.5) is 0 Å². The van der Waals surface area contributed by atoms with Gasteiger partial charge in [-0.3, -0.25) is 0 Å². The summed E-state index contributed by atoms with van der Waals surface area (Å²) >= 11 is 12.0. The highest BCUT2D eigenvalue weighted by molar-refractivity contribution is 7.89. The summed E-state index contributed by atoms with van der Waals surface area (Å²) < 4.78 is 39.2. The first-order valence-corrected chi connectivity index (χ1v) is 14.1. The Hall–Kier alpha value is -2.95. The maximum Gasteiger partial charge on any atom is 0.332 e. The molecule has 4 rings (SSSR count). The van der Waals surface area contributed by atoms with Gasteiger partial charge in [0, 0.05) is 15.6 Å². The van der Waals surface area contributed by atoms with E-state index >= 15 is 0 Å². The minimum absolute atomic E-state index is 0.0655. The number of nitrogens with one attached hydrogen (secondary N) is 2. The fourth-order valence-electron chi connectivity index (χ4n) is 4.18. The Morgan fingerprint density at radius 3 is 2.37 bits per heavy atom. The predicted octanol–water partition coefficient (Wildman–Crippen LogP) is 4.38. The van der Waals surface area contributed by atoms with Crippen LogP contribution in [0.1, 0.15) is 18.4 Å². The lowest BCUT2D eigenvalue weighted by Gasteiger charge is -2.19. The van der Waals surface area contributed by atoms with Crippen molar-refractivity contribution in [2.75, 3.05) is 13.7 Å². The van der Waals surface area contributed by atoms with Gasteiger partial charge in [-0.05, 0) is 61.2 Å². The first kappa shape index (κ1) is 28.1. The molecule has 0 aromatic heterocycles. The molecule has 1 heterocycles. The van der Waals surface area contributed by atoms with Crippen molar-refractivity contribution in [3.05, 3.63) is 82.3 Å². The highest BCUT2D eigenvalue weighted by Gasteiger charge is 2.32. The van der Waals surface area contributed by atoms with Crippen molar-refractivity contribution in [3.8, 4) is 16.9 Å². The van der Waals surface area contributed by atoms with Gasteiger partial charge in [0.2, 0.25) is 10.0 Å². The Bertz CT molecular complexity index is 1400. The smallest absolute Gasteiger partial charge is 0.332 e. The zero-order valence-electron chi connectivity index (χ0n) is 20.4. The van der Waals surface area contributed by atoms with Crippen LogP contribution in [-0.2, 0) is 30.8 Å². The van der Waals surface area contributed by atoms with Gasteiger partial charge in [0.1, 0.15) is 17.8 Å². The predicted molar refractivity (Wildman–Crippen MR) is 145 cm³/mol. The molecule has 0 aliphatic carbocycles. The van der Waals surface area contributed by atoms with Gasteiger partial charge in [0.25, 0.3) is 0 Å². The van der Waals surface area contributed by atoms with E-state index in [9.17, 15) is 18.0 Å². The van der Waals surface area contributed by atoms with Crippen molar-refractivity contribution >= 4 is 45.2 Å². The zero-order valence-corrected chi connectivity index (χ0v) is 22.8. The molecule has 8 nitrogen and oxygen atoms in total. The van der Waals surface area contributed by atoms with E-state index < -0.39 is 34.0 Å². The third-order valence-electron chi connectivity index (χ3n) is 6.09. The summed E-state index contributed by atoms with van der Waals surface area (Å²) in [5.74, 6) is -1.04. The number of ether oxygens (including phenoxy) is 2. The van der Waals surface area contributed by atoms with Crippen LogP contribution in [0.2, 0.25) is 10.0 Å². The first-order chi connectivity index (χ1) is 18.2. The Balaban J connectivity index is 1.59. The average molecular weight is 577 g/mol. The van der Waals surface area contributed by atoms with Crippen molar-refractivity contribution in [1.29, 1.82) is 0 Å². The largest absolute Gasteiger partial charge is 0.496 e. The highest BCUT2D eigenvalue weighted by Crippen LogP contribution is 2.30. The molecule has 38 heavy (non-hydrogen) atoms. The number of hydrogen-bond donors (Lipinski definition) is 2. The van der Waals surface area contributed by atoms with E-state index in [4.69, 9.17) is 32.7 Å². The van der Waals surface area contributed by atoms with Gasteiger partial charge in [0.05, 0.1) is 12.0 Å². The van der Waals surface area contributed by atoms with E-state index in [1.165, 1.54) is 18.2 Å². The molecule has 2 atom stereocenters. The van der Waals surface area contributed by atoms with Crippen molar-refractivity contribution in [3.63, 3.8) is 0 Å². The number of sulfonamides is 1. The second-order valence-electron chi connectivity index (χ2n) is 8.77. The van der Waals surface area contributed by atoms with E-state index in [1.807, 2.05) is 36.4 Å². The van der Waals surface area contributed by atoms with Gasteiger partial charge in [0.15, 0.2) is 0 Å². The third kappa shape index (κ3) is 6.92. The summed E-state index contributed by atoms with van der Waals surface area (Å²) in [4.78, 5) is 25.3. The van der Waals surface area contributed by atoms with Crippen molar-refractivity contribution in [2.45, 2.75) is 36.2 Å². The molecule has 0 saturated carbocycles. The fraction of sp³-hybridized carbons (Fsp3) is 0.259. The van der Waals surface area contributed by atoms with Crippen LogP contribution in [-0.4, -0.2) is 46.1 Å². The average Bonchev–Trinajstić information content (AvgIpc) is 3.43. The van der Waals surface area contributed by atoms with Crippen molar-refractivity contribution < 1.29 is 27.5 Å². The molecule has 200 valence electrons. The van der Waals surface area contributed by atoms with E-state index in [2.05, 4.69) is 10.0 Å². The van der Waals surface area contributed by atoms with Gasteiger partial charge in [-0.1, -0.05) is 65.7 Å². The zero-order chi connectivity index (χ0) is 27.3. The number of carbonyl (C=O) groups excluding carboxylic acids is 2. The number of para-hydroxylation sites is 1. The quantitative estimate of drug-likeness (QED) is 0.287. The van der Waals surface area contributed by atoms with Gasteiger partial charge in [-0.15, -0.1) is 0 Å². The summed E-state index contributed by atoms with van der Waals surface area (Å²) in [6, 6.07) is 16.6. The molecule has 1 saturated heterocycles. The number of carbonyl (C=O) groups is 2. The molecule has 3 aromatic rings. The molecule has 1 fully saturated rings. The molecule has 1 aliphatic heterocycles. The van der Waals surface area contributed by atoms with Crippen LogP contribution in [0.5, 0.6) is 5.75 Å². The highest BCUT2D eigenvalue weighted by atomic mass is 35.5. The Labute approximate surface area is 231 Å². The normalized spacial score (nSPS) is 16.1. The van der Waals surface area contributed by atoms with E-state index in [-0.39, 0.29) is 21.4 Å². The van der Waals surface area contributed by atoms with E-state index in [0.717, 1.165) is 17.5 Å². The summed E-state index contributed by atoms with van der Waals surface area (Å²) in [6.07, 6.45) is 1.25. The Kier molecular flexibility index (Phi) is 9.07. The van der Waals surface area contributed by atoms with Crippen LogP contribution in [0.3, 0.4) is 0 Å². The summed E-state index contributed by atoms with van der Waals surface area (Å²) in [5.41, 5.74) is 2.40. The minimum atomic E-state index is -4.25. The molecule has 1 aliphatic rings. The number of methoxy groups -OCH3 is 1. The van der Waals surface area contributed by atoms with Gasteiger partial charge in [-0.25, -0.2) is 18.0 Å². The van der Waals surface area contributed by atoms with Crippen LogP contribution in [0.15, 0.2) is 71.6 Å². The van der Waals surface area contributed by atoms with Crippen LogP contribution in [0.25, 0.3) is 11.1 Å². The molecule has 11 heteroatoms. The van der Waals surface area contributed by atoms with Crippen LogP contribution in [0, 0.1) is 0 Å². The topological polar surface area (TPSA) is 111 Å². The lowest BCUT2D eigenvalue weighted by molar-refractivity contribution is -0.162. The molecule has 2 N–H and O–H groups in total. The second-order valence-corrected chi connectivity index (χ2v) is 11.4. The molecule has 3 aromatic carbocycles. The van der Waals surface area contributed by atoms with Crippen molar-refractivity contribution in [1.82, 2.24) is 10.0 Å². The molecular formula is C27H26Cl2N2O6S. The molecule has 0 spiro atoms. The lowest BCUT2D eigenvalue weighted by atomic mass is 10.0. The standard InChI is InChI=1S/C27H26Cl2N2O6S/c1-36-25-7-3-2-5-22(25)18-10-8-17(9-11-18)13-24(27(33)37-26(32)23-6-4-12-30-23)31-38(34,35)21-15-19(28)14-20(29)16-21/h2-3,5,7-11,14-16,23-24,30-31H,4,6,12-13H2,1H3/t23-,24-/m0/s1. The molecule has 0 amide bonds. The first-order valence-electron chi connectivity index (χ1n) is 11.9. The summed E-state index contributed by atoms with van der Waals surface area (Å²) in [6.45, 7) is 0.637. The van der Waals surface area contributed by atoms with E-state index in [0.29, 0.717) is 24.3 Å². The SMILES string of the molecule is COc1ccccc1-c1ccc(C[C@H](NS(=O)(=O)c2cc(Cl)cc(Cl)c2)C(=O)OC(=O)[C@@H]2CCCN2)cc1. The lowest BCUT2D eigenvalue weighted by Crippen LogP contribution is -2.45. The summed E-state index contributed by atoms with van der Waals surface area (Å²) in [5, 5.41) is 3.20. The number of benzene rings is 3. The Morgan fingerprint density at radius 1 is 1.05 bits per heavy atom. The van der Waals surface area contributed by atoms with Gasteiger partial charge in [-0.2, -0.15) is 4.72 Å². The van der Waals surface area contributed by atoms with Gasteiger partial charge < -0.3 is 14.8 Å². The Morgan fingerprint density at radius 2 is 1.74 bits per heavy atom. The number of halogens is 2. The minimum Gasteiger partial charge on any atom is -0.496 e. The number of esters is 2. The fourth-order valence-corrected chi connectivity index (χ4v) is 6.09. The second kappa shape index (κ2) is 12.3. The van der Waals surface area contributed by atoms with Gasteiger partial charge >= 0.3 is 11.9 Å². The van der Waals surface area contributed by atoms with Crippen LogP contribution >= 0.6 is 23.2 Å².